The topological polar surface area (TPSA) is 48.1 Å². The zero-order valence-corrected chi connectivity index (χ0v) is 14.8. The van der Waals surface area contributed by atoms with Crippen molar-refractivity contribution in [1.82, 2.24) is 14.7 Å². The van der Waals surface area contributed by atoms with E-state index in [1.807, 2.05) is 0 Å². The van der Waals surface area contributed by atoms with Crippen molar-refractivity contribution in [2.24, 2.45) is 16.6 Å². The molecule has 2 aliphatic rings. The van der Waals surface area contributed by atoms with Crippen LogP contribution in [0.15, 0.2) is 4.99 Å². The maximum absolute atomic E-state index is 6.27. The molecular weight excluding hydrogens is 274 g/mol. The van der Waals surface area contributed by atoms with Crippen LogP contribution in [0.2, 0.25) is 0 Å². The minimum Gasteiger partial charge on any atom is -0.370 e. The molecule has 0 saturated carbocycles. The second kappa shape index (κ2) is 8.73. The monoisotopic (exact) mass is 309 g/mol. The van der Waals surface area contributed by atoms with Crippen LogP contribution in [0.25, 0.3) is 0 Å². The molecule has 0 bridgehead atoms. The minimum absolute atomic E-state index is 0.513. The Hall–Kier alpha value is -0.810. The summed E-state index contributed by atoms with van der Waals surface area (Å²) in [4.78, 5) is 12.1. The standard InChI is InChI=1S/C17H35N5/c1-15(2)16(21-12-10-20(3)11-13-21)14-19-17(18)22-8-6-4-5-7-9-22/h15-16H,4-14H2,1-3H3,(H2,18,19)/t16-/m1/s1. The van der Waals surface area contributed by atoms with Gasteiger partial charge in [0.2, 0.25) is 0 Å². The summed E-state index contributed by atoms with van der Waals surface area (Å²) >= 11 is 0. The third-order valence-corrected chi connectivity index (χ3v) is 5.15. The molecule has 22 heavy (non-hydrogen) atoms. The normalized spacial score (nSPS) is 24.5. The number of guanidine groups is 1. The second-order valence-corrected chi connectivity index (χ2v) is 7.25. The highest BCUT2D eigenvalue weighted by Gasteiger charge is 2.25. The number of likely N-dealkylation sites (tertiary alicyclic amines) is 1. The lowest BCUT2D eigenvalue weighted by Gasteiger charge is -2.39. The van der Waals surface area contributed by atoms with Crippen LogP contribution in [-0.4, -0.2) is 79.6 Å². The highest BCUT2D eigenvalue weighted by Crippen LogP contribution is 2.15. The van der Waals surface area contributed by atoms with Crippen molar-refractivity contribution < 1.29 is 0 Å². The average Bonchev–Trinajstić information content (AvgIpc) is 2.78. The van der Waals surface area contributed by atoms with Gasteiger partial charge in [0.05, 0.1) is 6.54 Å². The smallest absolute Gasteiger partial charge is 0.191 e. The molecule has 2 saturated heterocycles. The minimum atomic E-state index is 0.513. The summed E-state index contributed by atoms with van der Waals surface area (Å²) in [6.45, 7) is 12.2. The summed E-state index contributed by atoms with van der Waals surface area (Å²) in [5.41, 5.74) is 6.27. The lowest BCUT2D eigenvalue weighted by molar-refractivity contribution is 0.0924. The Balaban J connectivity index is 1.90. The van der Waals surface area contributed by atoms with Gasteiger partial charge >= 0.3 is 0 Å². The highest BCUT2D eigenvalue weighted by molar-refractivity contribution is 5.78. The van der Waals surface area contributed by atoms with Crippen LogP contribution in [0.4, 0.5) is 0 Å². The number of hydrogen-bond acceptors (Lipinski definition) is 3. The van der Waals surface area contributed by atoms with Gasteiger partial charge in [-0.3, -0.25) is 9.89 Å². The number of nitrogens with two attached hydrogens (primary N) is 1. The lowest BCUT2D eigenvalue weighted by atomic mass is 10.0. The summed E-state index contributed by atoms with van der Waals surface area (Å²) in [5, 5.41) is 0. The highest BCUT2D eigenvalue weighted by atomic mass is 15.3. The molecule has 2 rings (SSSR count). The van der Waals surface area contributed by atoms with Gasteiger partial charge < -0.3 is 15.5 Å². The third kappa shape index (κ3) is 5.13. The SMILES string of the molecule is CC(C)[C@@H](CN=C(N)N1CCCCCC1)N1CCN(C)CC1. The quantitative estimate of drug-likeness (QED) is 0.631. The molecule has 2 aliphatic heterocycles. The van der Waals surface area contributed by atoms with E-state index >= 15 is 0 Å². The summed E-state index contributed by atoms with van der Waals surface area (Å²) < 4.78 is 0. The first-order valence-electron chi connectivity index (χ1n) is 9.05. The van der Waals surface area contributed by atoms with Crippen molar-refractivity contribution in [3.8, 4) is 0 Å². The largest absolute Gasteiger partial charge is 0.370 e. The zero-order valence-electron chi connectivity index (χ0n) is 14.8. The Morgan fingerprint density at radius 1 is 0.955 bits per heavy atom. The molecule has 5 nitrogen and oxygen atoms in total. The molecule has 1 atom stereocenters. The number of aliphatic imine (C=N–C) groups is 1. The fourth-order valence-corrected chi connectivity index (χ4v) is 3.49. The van der Waals surface area contributed by atoms with Crippen LogP contribution in [-0.2, 0) is 0 Å². The van der Waals surface area contributed by atoms with Crippen LogP contribution >= 0.6 is 0 Å². The Morgan fingerprint density at radius 3 is 2.09 bits per heavy atom. The van der Waals surface area contributed by atoms with E-state index in [-0.39, 0.29) is 0 Å². The number of piperazine rings is 1. The maximum atomic E-state index is 6.27. The van der Waals surface area contributed by atoms with Crippen molar-refractivity contribution in [3.05, 3.63) is 0 Å². The maximum Gasteiger partial charge on any atom is 0.191 e. The van der Waals surface area contributed by atoms with Gasteiger partial charge in [0.15, 0.2) is 5.96 Å². The van der Waals surface area contributed by atoms with Gasteiger partial charge in [-0.15, -0.1) is 0 Å². The summed E-state index contributed by atoms with van der Waals surface area (Å²) in [5.74, 6) is 1.38. The van der Waals surface area contributed by atoms with Gasteiger partial charge in [0.25, 0.3) is 0 Å². The first kappa shape index (κ1) is 17.5. The Morgan fingerprint density at radius 2 is 1.55 bits per heavy atom. The summed E-state index contributed by atoms with van der Waals surface area (Å²) in [7, 11) is 2.21. The molecule has 0 spiro atoms. The predicted octanol–water partition coefficient (Wildman–Crippen LogP) is 1.45. The van der Waals surface area contributed by atoms with Gasteiger partial charge in [-0.2, -0.15) is 0 Å². The summed E-state index contributed by atoms with van der Waals surface area (Å²) in [6, 6.07) is 0.513. The lowest BCUT2D eigenvalue weighted by Crippen LogP contribution is -2.52. The van der Waals surface area contributed by atoms with Crippen LogP contribution in [0.1, 0.15) is 39.5 Å². The van der Waals surface area contributed by atoms with E-state index in [1.165, 1.54) is 25.7 Å². The second-order valence-electron chi connectivity index (χ2n) is 7.25. The van der Waals surface area contributed by atoms with E-state index < -0.39 is 0 Å². The van der Waals surface area contributed by atoms with Crippen molar-refractivity contribution in [2.75, 3.05) is 52.9 Å². The van der Waals surface area contributed by atoms with E-state index in [4.69, 9.17) is 10.7 Å². The Kier molecular flexibility index (Phi) is 6.96. The van der Waals surface area contributed by atoms with E-state index in [9.17, 15) is 0 Å². The number of rotatable bonds is 4. The number of hydrogen-bond donors (Lipinski definition) is 1. The van der Waals surface area contributed by atoms with Gasteiger partial charge in [-0.1, -0.05) is 26.7 Å². The van der Waals surface area contributed by atoms with Gasteiger partial charge in [-0.25, -0.2) is 0 Å². The first-order chi connectivity index (χ1) is 10.6. The van der Waals surface area contributed by atoms with Crippen LogP contribution in [0.3, 0.4) is 0 Å². The van der Waals surface area contributed by atoms with Crippen molar-refractivity contribution in [1.29, 1.82) is 0 Å². The summed E-state index contributed by atoms with van der Waals surface area (Å²) in [6.07, 6.45) is 5.17. The number of likely N-dealkylation sites (N-methyl/N-ethyl adjacent to an activating group) is 1. The van der Waals surface area contributed by atoms with E-state index in [1.54, 1.807) is 0 Å². The molecule has 2 fully saturated rings. The van der Waals surface area contributed by atoms with Gasteiger partial charge in [0.1, 0.15) is 0 Å². The molecule has 2 N–H and O–H groups in total. The van der Waals surface area contributed by atoms with E-state index in [0.717, 1.165) is 51.8 Å². The molecule has 0 aliphatic carbocycles. The Labute approximate surface area is 136 Å². The fourth-order valence-electron chi connectivity index (χ4n) is 3.49. The number of nitrogens with zero attached hydrogens (tertiary/aromatic N) is 4. The van der Waals surface area contributed by atoms with Crippen molar-refractivity contribution in [3.63, 3.8) is 0 Å². The third-order valence-electron chi connectivity index (χ3n) is 5.15. The van der Waals surface area contributed by atoms with E-state index in [2.05, 4.69) is 35.6 Å². The molecule has 0 aromatic heterocycles. The molecule has 0 radical (unpaired) electrons. The van der Waals surface area contributed by atoms with Crippen LogP contribution in [0, 0.1) is 5.92 Å². The molecule has 128 valence electrons. The molecule has 0 aromatic rings. The van der Waals surface area contributed by atoms with Gasteiger partial charge in [-0.05, 0) is 25.8 Å². The molecule has 0 aromatic carbocycles. The molecular formula is C17H35N5. The first-order valence-corrected chi connectivity index (χ1v) is 9.05. The van der Waals surface area contributed by atoms with Crippen molar-refractivity contribution in [2.45, 2.75) is 45.6 Å². The molecule has 2 heterocycles. The fraction of sp³-hybridized carbons (Fsp3) is 0.941. The average molecular weight is 310 g/mol. The van der Waals surface area contributed by atoms with Crippen LogP contribution in [0.5, 0.6) is 0 Å². The van der Waals surface area contributed by atoms with E-state index in [0.29, 0.717) is 12.0 Å². The van der Waals surface area contributed by atoms with Crippen molar-refractivity contribution >= 4 is 5.96 Å². The zero-order chi connectivity index (χ0) is 15.9. The van der Waals surface area contributed by atoms with Gasteiger partial charge in [0, 0.05) is 45.3 Å². The predicted molar refractivity (Wildman–Crippen MR) is 94.2 cm³/mol. The molecule has 0 unspecified atom stereocenters. The molecule has 5 heteroatoms. The van der Waals surface area contributed by atoms with Crippen LogP contribution < -0.4 is 5.73 Å². The molecule has 0 amide bonds. The Bertz CT molecular complexity index is 339.